The topological polar surface area (TPSA) is 99.4 Å². The third kappa shape index (κ3) is 6.20. The van der Waals surface area contributed by atoms with E-state index in [9.17, 15) is 9.59 Å². The molecule has 0 fully saturated rings. The molecule has 0 atom stereocenters. The van der Waals surface area contributed by atoms with Gasteiger partial charge in [-0.1, -0.05) is 18.2 Å². The molecule has 0 spiro atoms. The van der Waals surface area contributed by atoms with E-state index in [1.165, 1.54) is 18.5 Å². The zero-order valence-electron chi connectivity index (χ0n) is 17.2. The zero-order chi connectivity index (χ0) is 22.1. The average Bonchev–Trinajstić information content (AvgIpc) is 3.30. The lowest BCUT2D eigenvalue weighted by Gasteiger charge is -2.10. The van der Waals surface area contributed by atoms with Crippen LogP contribution in [-0.4, -0.2) is 31.3 Å². The van der Waals surface area contributed by atoms with E-state index < -0.39 is 11.9 Å². The van der Waals surface area contributed by atoms with Crippen molar-refractivity contribution in [3.63, 3.8) is 0 Å². The zero-order valence-corrected chi connectivity index (χ0v) is 17.2. The number of nitrogens with zero attached hydrogens (tertiary/aromatic N) is 1. The second-order valence-electron chi connectivity index (χ2n) is 6.35. The SMILES string of the molecule is CCOc1cc(C=NNC(=O)COc2ccccc2C)ccc1OC(=O)c1ccco1. The first-order valence-electron chi connectivity index (χ1n) is 9.59. The summed E-state index contributed by atoms with van der Waals surface area (Å²) in [5.41, 5.74) is 3.98. The number of esters is 1. The molecular formula is C23H22N2O6. The van der Waals surface area contributed by atoms with Crippen LogP contribution in [0.1, 0.15) is 28.6 Å². The van der Waals surface area contributed by atoms with Gasteiger partial charge in [-0.2, -0.15) is 5.10 Å². The molecular weight excluding hydrogens is 400 g/mol. The lowest BCUT2D eigenvalue weighted by Crippen LogP contribution is -2.24. The van der Waals surface area contributed by atoms with E-state index >= 15 is 0 Å². The van der Waals surface area contributed by atoms with Crippen LogP contribution < -0.4 is 19.6 Å². The number of amides is 1. The van der Waals surface area contributed by atoms with E-state index in [0.717, 1.165) is 5.56 Å². The van der Waals surface area contributed by atoms with E-state index in [4.69, 9.17) is 18.6 Å². The molecule has 1 N–H and O–H groups in total. The quantitative estimate of drug-likeness (QED) is 0.244. The molecule has 31 heavy (non-hydrogen) atoms. The molecule has 0 aliphatic rings. The summed E-state index contributed by atoms with van der Waals surface area (Å²) in [6, 6.07) is 15.4. The maximum absolute atomic E-state index is 12.1. The largest absolute Gasteiger partial charge is 0.490 e. The molecule has 3 rings (SSSR count). The molecule has 0 saturated heterocycles. The fraction of sp³-hybridized carbons (Fsp3) is 0.174. The van der Waals surface area contributed by atoms with Crippen LogP contribution in [0.15, 0.2) is 70.4 Å². The Labute approximate surface area is 179 Å². The second kappa shape index (κ2) is 10.6. The van der Waals surface area contributed by atoms with Gasteiger partial charge in [-0.05, 0) is 61.4 Å². The highest BCUT2D eigenvalue weighted by molar-refractivity contribution is 5.89. The Bertz CT molecular complexity index is 1060. The smallest absolute Gasteiger partial charge is 0.379 e. The van der Waals surface area contributed by atoms with Crippen molar-refractivity contribution in [2.45, 2.75) is 13.8 Å². The third-order valence-electron chi connectivity index (χ3n) is 4.05. The van der Waals surface area contributed by atoms with E-state index in [0.29, 0.717) is 23.7 Å². The summed E-state index contributed by atoms with van der Waals surface area (Å²) in [4.78, 5) is 24.0. The van der Waals surface area contributed by atoms with Crippen molar-refractivity contribution in [3.8, 4) is 17.2 Å². The minimum absolute atomic E-state index is 0.0868. The Balaban J connectivity index is 1.58. The maximum atomic E-state index is 12.1. The summed E-state index contributed by atoms with van der Waals surface area (Å²) < 4.78 is 21.4. The molecule has 2 aromatic carbocycles. The van der Waals surface area contributed by atoms with Crippen molar-refractivity contribution in [1.29, 1.82) is 0 Å². The highest BCUT2D eigenvalue weighted by Gasteiger charge is 2.15. The van der Waals surface area contributed by atoms with Gasteiger partial charge < -0.3 is 18.6 Å². The molecule has 3 aromatic rings. The van der Waals surface area contributed by atoms with Gasteiger partial charge in [-0.3, -0.25) is 4.79 Å². The number of ether oxygens (including phenoxy) is 3. The number of aryl methyl sites for hydroxylation is 1. The third-order valence-corrected chi connectivity index (χ3v) is 4.05. The van der Waals surface area contributed by atoms with Crippen LogP contribution in [0.2, 0.25) is 0 Å². The van der Waals surface area contributed by atoms with E-state index in [-0.39, 0.29) is 18.1 Å². The fourth-order valence-corrected chi connectivity index (χ4v) is 2.58. The minimum Gasteiger partial charge on any atom is -0.490 e. The van der Waals surface area contributed by atoms with Gasteiger partial charge in [0.15, 0.2) is 18.1 Å². The van der Waals surface area contributed by atoms with E-state index in [1.807, 2.05) is 32.0 Å². The van der Waals surface area contributed by atoms with Gasteiger partial charge in [-0.15, -0.1) is 0 Å². The first-order chi connectivity index (χ1) is 15.1. The first kappa shape index (κ1) is 21.6. The van der Waals surface area contributed by atoms with Crippen LogP contribution in [0.3, 0.4) is 0 Å². The predicted molar refractivity (Wildman–Crippen MR) is 114 cm³/mol. The molecule has 0 unspecified atom stereocenters. The number of hydrogen-bond donors (Lipinski definition) is 1. The maximum Gasteiger partial charge on any atom is 0.379 e. The normalized spacial score (nSPS) is 10.6. The van der Waals surface area contributed by atoms with Crippen molar-refractivity contribution in [2.24, 2.45) is 5.10 Å². The van der Waals surface area contributed by atoms with Crippen molar-refractivity contribution in [1.82, 2.24) is 5.43 Å². The monoisotopic (exact) mass is 422 g/mol. The number of hydrazone groups is 1. The molecule has 1 heterocycles. The van der Waals surface area contributed by atoms with Crippen LogP contribution in [0.5, 0.6) is 17.2 Å². The lowest BCUT2D eigenvalue weighted by atomic mass is 10.2. The standard InChI is InChI=1S/C23H22N2O6/c1-3-28-21-13-17(10-11-19(21)31-23(27)20-9-6-12-29-20)14-24-25-22(26)15-30-18-8-5-4-7-16(18)2/h4-14H,3,15H2,1-2H3,(H,25,26). The van der Waals surface area contributed by atoms with E-state index in [2.05, 4.69) is 10.5 Å². The molecule has 1 amide bonds. The van der Waals surface area contributed by atoms with Gasteiger partial charge in [0.25, 0.3) is 5.91 Å². The highest BCUT2D eigenvalue weighted by Crippen LogP contribution is 2.29. The Hall–Kier alpha value is -4.07. The van der Waals surface area contributed by atoms with Gasteiger partial charge in [0.2, 0.25) is 5.76 Å². The summed E-state index contributed by atoms with van der Waals surface area (Å²) in [5, 5.41) is 3.93. The van der Waals surface area contributed by atoms with Crippen LogP contribution >= 0.6 is 0 Å². The molecule has 8 nitrogen and oxygen atoms in total. The second-order valence-corrected chi connectivity index (χ2v) is 6.35. The molecule has 0 aliphatic heterocycles. The molecule has 0 saturated carbocycles. The number of benzene rings is 2. The van der Waals surface area contributed by atoms with Crippen LogP contribution in [0, 0.1) is 6.92 Å². The minimum atomic E-state index is -0.631. The summed E-state index contributed by atoms with van der Waals surface area (Å²) in [7, 11) is 0. The van der Waals surface area contributed by atoms with Gasteiger partial charge in [0.1, 0.15) is 5.75 Å². The van der Waals surface area contributed by atoms with Gasteiger partial charge in [0.05, 0.1) is 19.1 Å². The van der Waals surface area contributed by atoms with Gasteiger partial charge in [0, 0.05) is 0 Å². The molecule has 160 valence electrons. The van der Waals surface area contributed by atoms with Crippen LogP contribution in [0.4, 0.5) is 0 Å². The van der Waals surface area contributed by atoms with Crippen LogP contribution in [-0.2, 0) is 4.79 Å². The Morgan fingerprint density at radius 1 is 1.03 bits per heavy atom. The molecule has 0 radical (unpaired) electrons. The summed E-state index contributed by atoms with van der Waals surface area (Å²) in [5.74, 6) is 0.310. The molecule has 0 aliphatic carbocycles. The van der Waals surface area contributed by atoms with Crippen molar-refractivity contribution >= 4 is 18.1 Å². The molecule has 1 aromatic heterocycles. The Kier molecular flexibility index (Phi) is 7.42. The predicted octanol–water partition coefficient (Wildman–Crippen LogP) is 3.74. The lowest BCUT2D eigenvalue weighted by molar-refractivity contribution is -0.123. The summed E-state index contributed by atoms with van der Waals surface area (Å²) >= 11 is 0. The van der Waals surface area contributed by atoms with Crippen molar-refractivity contribution in [2.75, 3.05) is 13.2 Å². The number of carbonyl (C=O) groups excluding carboxylic acids is 2. The average molecular weight is 422 g/mol. The Morgan fingerprint density at radius 3 is 2.61 bits per heavy atom. The van der Waals surface area contributed by atoms with Crippen molar-refractivity contribution in [3.05, 3.63) is 77.7 Å². The molecule has 8 heteroatoms. The number of rotatable bonds is 9. The molecule has 0 bridgehead atoms. The van der Waals surface area contributed by atoms with Gasteiger partial charge >= 0.3 is 5.97 Å². The van der Waals surface area contributed by atoms with E-state index in [1.54, 1.807) is 30.3 Å². The number of nitrogens with one attached hydrogen (secondary N) is 1. The number of furan rings is 1. The summed E-state index contributed by atoms with van der Waals surface area (Å²) in [6.07, 6.45) is 2.84. The van der Waals surface area contributed by atoms with Gasteiger partial charge in [-0.25, -0.2) is 10.2 Å². The van der Waals surface area contributed by atoms with Crippen LogP contribution in [0.25, 0.3) is 0 Å². The number of para-hydroxylation sites is 1. The fourth-order valence-electron chi connectivity index (χ4n) is 2.58. The summed E-state index contributed by atoms with van der Waals surface area (Å²) in [6.45, 7) is 3.93. The van der Waals surface area contributed by atoms with Crippen molar-refractivity contribution < 1.29 is 28.2 Å². The number of hydrogen-bond acceptors (Lipinski definition) is 7. The Morgan fingerprint density at radius 2 is 1.87 bits per heavy atom. The number of carbonyl (C=O) groups is 2. The highest BCUT2D eigenvalue weighted by atomic mass is 16.6. The first-order valence-corrected chi connectivity index (χ1v) is 9.59.